The number of nitrogens with zero attached hydrogens (tertiary/aromatic N) is 1. The van der Waals surface area contributed by atoms with Crippen LogP contribution in [0.25, 0.3) is 0 Å². The van der Waals surface area contributed by atoms with E-state index in [4.69, 9.17) is 0 Å². The van der Waals surface area contributed by atoms with Gasteiger partial charge in [0.1, 0.15) is 0 Å². The molecule has 1 N–H and O–H groups in total. The summed E-state index contributed by atoms with van der Waals surface area (Å²) in [5.74, 6) is 0.736. The number of aryl methyl sites for hydroxylation is 1. The quantitative estimate of drug-likeness (QED) is 0.861. The second-order valence-corrected chi connectivity index (χ2v) is 5.08. The maximum atomic E-state index is 12.7. The number of alkyl halides is 3. The first kappa shape index (κ1) is 18.0. The van der Waals surface area contributed by atoms with Crippen molar-refractivity contribution in [2.75, 3.05) is 6.54 Å². The number of rotatable bonds is 5. The van der Waals surface area contributed by atoms with Crippen LogP contribution < -0.4 is 5.32 Å². The van der Waals surface area contributed by atoms with Crippen LogP contribution in [-0.4, -0.2) is 11.5 Å². The van der Waals surface area contributed by atoms with Crippen molar-refractivity contribution in [1.82, 2.24) is 10.3 Å². The van der Waals surface area contributed by atoms with Crippen LogP contribution in [0.5, 0.6) is 0 Å². The molecule has 0 amide bonds. The summed E-state index contributed by atoms with van der Waals surface area (Å²) in [6.07, 6.45) is -0.201. The summed E-state index contributed by atoms with van der Waals surface area (Å²) in [5.41, 5.74) is 0.206. The number of nitrogens with one attached hydrogen (secondary N) is 1. The SMILES string of the molecule is CC.CCc1nc(CNCC2CCC2)ccc1C(F)(F)F. The van der Waals surface area contributed by atoms with Gasteiger partial charge in [0.15, 0.2) is 0 Å². The molecule has 1 aromatic rings. The van der Waals surface area contributed by atoms with Crippen LogP contribution in [0.15, 0.2) is 12.1 Å². The topological polar surface area (TPSA) is 24.9 Å². The first-order valence-corrected chi connectivity index (χ1v) is 7.77. The molecule has 1 aliphatic carbocycles. The van der Waals surface area contributed by atoms with Gasteiger partial charge in [0.25, 0.3) is 0 Å². The fourth-order valence-corrected chi connectivity index (χ4v) is 2.27. The van der Waals surface area contributed by atoms with Gasteiger partial charge in [-0.15, -0.1) is 0 Å². The van der Waals surface area contributed by atoms with Crippen molar-refractivity contribution < 1.29 is 13.2 Å². The smallest absolute Gasteiger partial charge is 0.311 e. The Kier molecular flexibility index (Phi) is 7.15. The molecule has 1 fully saturated rings. The third-order valence-corrected chi connectivity index (χ3v) is 3.64. The molecule has 0 unspecified atom stereocenters. The number of hydrogen-bond acceptors (Lipinski definition) is 2. The molecule has 1 saturated carbocycles. The van der Waals surface area contributed by atoms with Gasteiger partial charge in [-0.05, 0) is 43.9 Å². The van der Waals surface area contributed by atoms with E-state index in [1.165, 1.54) is 25.3 Å². The summed E-state index contributed by atoms with van der Waals surface area (Å²) in [4.78, 5) is 4.12. The Bertz CT molecular complexity index is 426. The van der Waals surface area contributed by atoms with Gasteiger partial charge in [-0.1, -0.05) is 27.2 Å². The molecule has 1 aromatic heterocycles. The lowest BCUT2D eigenvalue weighted by Gasteiger charge is -2.25. The third-order valence-electron chi connectivity index (χ3n) is 3.64. The van der Waals surface area contributed by atoms with Crippen LogP contribution in [0.1, 0.15) is 57.0 Å². The van der Waals surface area contributed by atoms with E-state index in [1.54, 1.807) is 6.92 Å². The Hall–Kier alpha value is -1.10. The molecule has 0 bridgehead atoms. The van der Waals surface area contributed by atoms with Crippen LogP contribution in [0, 0.1) is 5.92 Å². The van der Waals surface area contributed by atoms with E-state index >= 15 is 0 Å². The molecule has 0 radical (unpaired) electrons. The Morgan fingerprint density at radius 3 is 2.38 bits per heavy atom. The molecule has 0 atom stereocenters. The Labute approximate surface area is 125 Å². The maximum Gasteiger partial charge on any atom is 0.418 e. The molecule has 0 aliphatic heterocycles. The fraction of sp³-hybridized carbons (Fsp3) is 0.688. The highest BCUT2D eigenvalue weighted by atomic mass is 19.4. The molecule has 1 aliphatic rings. The van der Waals surface area contributed by atoms with E-state index in [0.717, 1.165) is 18.5 Å². The van der Waals surface area contributed by atoms with Crippen molar-refractivity contribution >= 4 is 0 Å². The van der Waals surface area contributed by atoms with Crippen molar-refractivity contribution in [2.24, 2.45) is 5.92 Å². The predicted octanol–water partition coefficient (Wildman–Crippen LogP) is 4.58. The number of aromatic nitrogens is 1. The third kappa shape index (κ3) is 5.30. The van der Waals surface area contributed by atoms with Crippen LogP contribution >= 0.6 is 0 Å². The molecule has 5 heteroatoms. The molecule has 2 nitrogen and oxygen atoms in total. The van der Waals surface area contributed by atoms with Gasteiger partial charge in [-0.3, -0.25) is 4.98 Å². The van der Waals surface area contributed by atoms with Crippen molar-refractivity contribution in [3.8, 4) is 0 Å². The molecule has 0 aromatic carbocycles. The van der Waals surface area contributed by atoms with Crippen LogP contribution in [0.4, 0.5) is 13.2 Å². The van der Waals surface area contributed by atoms with Gasteiger partial charge < -0.3 is 5.32 Å². The molecule has 0 saturated heterocycles. The fourth-order valence-electron chi connectivity index (χ4n) is 2.27. The molecular weight excluding hydrogens is 277 g/mol. The second kappa shape index (κ2) is 8.37. The largest absolute Gasteiger partial charge is 0.418 e. The van der Waals surface area contributed by atoms with Crippen molar-refractivity contribution in [1.29, 1.82) is 0 Å². The van der Waals surface area contributed by atoms with E-state index < -0.39 is 11.7 Å². The zero-order valence-electron chi connectivity index (χ0n) is 13.1. The van der Waals surface area contributed by atoms with Crippen molar-refractivity contribution in [2.45, 2.75) is 59.2 Å². The Morgan fingerprint density at radius 1 is 1.24 bits per heavy atom. The highest BCUT2D eigenvalue weighted by Gasteiger charge is 2.33. The van der Waals surface area contributed by atoms with Gasteiger partial charge in [-0.25, -0.2) is 0 Å². The minimum Gasteiger partial charge on any atom is -0.311 e. The summed E-state index contributed by atoms with van der Waals surface area (Å²) in [6, 6.07) is 2.61. The van der Waals surface area contributed by atoms with E-state index in [-0.39, 0.29) is 5.69 Å². The zero-order valence-corrected chi connectivity index (χ0v) is 13.1. The van der Waals surface area contributed by atoms with E-state index in [2.05, 4.69) is 10.3 Å². The molecule has 1 heterocycles. The molecular formula is C16H25F3N2. The highest BCUT2D eigenvalue weighted by molar-refractivity contribution is 5.26. The van der Waals surface area contributed by atoms with Gasteiger partial charge in [-0.2, -0.15) is 13.2 Å². The van der Waals surface area contributed by atoms with E-state index in [0.29, 0.717) is 18.7 Å². The lowest BCUT2D eigenvalue weighted by atomic mass is 9.85. The average Bonchev–Trinajstić information content (AvgIpc) is 2.42. The summed E-state index contributed by atoms with van der Waals surface area (Å²) in [5, 5.41) is 3.27. The second-order valence-electron chi connectivity index (χ2n) is 5.08. The lowest BCUT2D eigenvalue weighted by Crippen LogP contribution is -2.27. The minimum absolute atomic E-state index is 0.135. The zero-order chi connectivity index (χ0) is 15.9. The predicted molar refractivity (Wildman–Crippen MR) is 79.0 cm³/mol. The summed E-state index contributed by atoms with van der Waals surface area (Å²) in [7, 11) is 0. The van der Waals surface area contributed by atoms with Gasteiger partial charge in [0, 0.05) is 6.54 Å². The van der Waals surface area contributed by atoms with Crippen LogP contribution in [0.3, 0.4) is 0 Å². The first-order valence-electron chi connectivity index (χ1n) is 7.77. The van der Waals surface area contributed by atoms with Crippen LogP contribution in [-0.2, 0) is 19.1 Å². The number of pyridine rings is 1. The van der Waals surface area contributed by atoms with E-state index in [9.17, 15) is 13.2 Å². The van der Waals surface area contributed by atoms with Gasteiger partial charge in [0.05, 0.1) is 17.0 Å². The molecule has 2 rings (SSSR count). The minimum atomic E-state index is -4.31. The van der Waals surface area contributed by atoms with E-state index in [1.807, 2.05) is 13.8 Å². The standard InChI is InChI=1S/C14H19F3N2.C2H6/c1-2-13-12(14(15,16)17)7-6-11(19-13)9-18-8-10-4-3-5-10;1-2/h6-7,10,18H,2-5,8-9H2,1H3;1-2H3. The Balaban J connectivity index is 0.00000106. The highest BCUT2D eigenvalue weighted by Crippen LogP contribution is 2.31. The number of halogens is 3. The van der Waals surface area contributed by atoms with Crippen molar-refractivity contribution in [3.05, 3.63) is 29.1 Å². The summed E-state index contributed by atoms with van der Waals surface area (Å²) >= 11 is 0. The van der Waals surface area contributed by atoms with Crippen LogP contribution in [0.2, 0.25) is 0 Å². The normalized spacial score (nSPS) is 15.1. The molecule has 120 valence electrons. The Morgan fingerprint density at radius 2 is 1.90 bits per heavy atom. The first-order chi connectivity index (χ1) is 10.0. The number of hydrogen-bond donors (Lipinski definition) is 1. The summed E-state index contributed by atoms with van der Waals surface area (Å²) in [6.45, 7) is 7.18. The van der Waals surface area contributed by atoms with Gasteiger partial charge >= 0.3 is 6.18 Å². The van der Waals surface area contributed by atoms with Crippen molar-refractivity contribution in [3.63, 3.8) is 0 Å². The maximum absolute atomic E-state index is 12.7. The lowest BCUT2D eigenvalue weighted by molar-refractivity contribution is -0.138. The molecule has 0 spiro atoms. The van der Waals surface area contributed by atoms with Gasteiger partial charge in [0.2, 0.25) is 0 Å². The monoisotopic (exact) mass is 302 g/mol. The summed E-state index contributed by atoms with van der Waals surface area (Å²) < 4.78 is 38.2. The molecule has 21 heavy (non-hydrogen) atoms. The average molecular weight is 302 g/mol.